The maximum absolute atomic E-state index is 13.9. The monoisotopic (exact) mass is 900 g/mol. The number of rotatable bonds is 7. The van der Waals surface area contributed by atoms with E-state index in [-0.39, 0.29) is 74.9 Å². The van der Waals surface area contributed by atoms with Gasteiger partial charge in [0.15, 0.2) is 17.5 Å². The number of nitrogens with zero attached hydrogens (tertiary/aromatic N) is 3. The van der Waals surface area contributed by atoms with Gasteiger partial charge in [0.25, 0.3) is 11.7 Å². The summed E-state index contributed by atoms with van der Waals surface area (Å²) in [6, 6.07) is 0. The van der Waals surface area contributed by atoms with Gasteiger partial charge in [0.2, 0.25) is 0 Å². The van der Waals surface area contributed by atoms with Gasteiger partial charge in [0, 0.05) is 85.7 Å². The summed E-state index contributed by atoms with van der Waals surface area (Å²) in [5, 5.41) is 73.5. The molecule has 0 radical (unpaired) electrons. The molecule has 1 fully saturated rings. The predicted molar refractivity (Wildman–Crippen MR) is 235 cm³/mol. The van der Waals surface area contributed by atoms with Gasteiger partial charge in [0.05, 0.1) is 54.6 Å². The van der Waals surface area contributed by atoms with Gasteiger partial charge in [-0.05, 0) is 33.8 Å². The minimum atomic E-state index is -3.40. The van der Waals surface area contributed by atoms with Gasteiger partial charge >= 0.3 is 7.60 Å². The Morgan fingerprint density at radius 3 is 2.11 bits per heavy atom. The van der Waals surface area contributed by atoms with E-state index in [1.807, 2.05) is 4.90 Å². The topological polar surface area (TPSA) is 242 Å². The lowest BCUT2D eigenvalue weighted by molar-refractivity contribution is -0.181. The number of carbonyl (C=O) groups is 1. The zero-order valence-electron chi connectivity index (χ0n) is 37.9. The Labute approximate surface area is 368 Å². The first kappa shape index (κ1) is 48.6. The lowest BCUT2D eigenvalue weighted by Crippen LogP contribution is -2.44. The van der Waals surface area contributed by atoms with Crippen LogP contribution in [0.15, 0.2) is 46.1 Å². The van der Waals surface area contributed by atoms with Crippen LogP contribution in [0.4, 0.5) is 5.69 Å². The van der Waals surface area contributed by atoms with Gasteiger partial charge in [-0.3, -0.25) is 24.2 Å². The largest absolute Gasteiger partial charge is 0.507 e. The lowest BCUT2D eigenvalue weighted by Gasteiger charge is -2.36. The van der Waals surface area contributed by atoms with Crippen molar-refractivity contribution in [2.45, 2.75) is 117 Å². The number of piperidine rings is 1. The number of hydrogen-bond donors (Lipinski definition) is 7. The van der Waals surface area contributed by atoms with Crippen molar-refractivity contribution in [3.8, 4) is 17.2 Å². The Morgan fingerprint density at radius 1 is 0.889 bits per heavy atom. The number of aliphatic hydroxyl groups is 4. The molecule has 4 aliphatic heterocycles. The Hall–Kier alpha value is -3.90. The number of benzene rings is 2. The highest BCUT2D eigenvalue weighted by molar-refractivity contribution is 7.53. The Bertz CT molecular complexity index is 2320. The molecule has 4 aliphatic rings. The molecule has 1 amide bonds. The minimum Gasteiger partial charge on any atom is -0.507 e. The van der Waals surface area contributed by atoms with Crippen LogP contribution in [-0.4, -0.2) is 117 Å². The second kappa shape index (κ2) is 18.9. The molecular formula is C45H65N4O13P. The van der Waals surface area contributed by atoms with E-state index in [1.165, 1.54) is 20.3 Å². The summed E-state index contributed by atoms with van der Waals surface area (Å²) in [5.41, 5.74) is -0.607. The highest BCUT2D eigenvalue weighted by atomic mass is 31.2. The molecule has 0 aliphatic carbocycles. The molecule has 2 aromatic carbocycles. The zero-order valence-corrected chi connectivity index (χ0v) is 38.8. The number of allylic oxidation sites excluding steroid dienone is 2. The third-order valence-electron chi connectivity index (χ3n) is 13.2. The zero-order chi connectivity index (χ0) is 46.3. The first-order valence-electron chi connectivity index (χ1n) is 21.8. The smallest absolute Gasteiger partial charge is 0.344 e. The number of anilines is 1. The number of ether oxygens (including phenoxy) is 3. The molecule has 63 heavy (non-hydrogen) atoms. The number of phenolic OH excluding ortho intramolecular Hbond substituents is 2. The normalized spacial score (nSPS) is 33.5. The molecule has 1 unspecified atom stereocenters. The molecule has 1 saturated heterocycles. The average molecular weight is 901 g/mol. The van der Waals surface area contributed by atoms with Crippen molar-refractivity contribution in [3.63, 3.8) is 0 Å². The quantitative estimate of drug-likeness (QED) is 0.149. The molecule has 6 rings (SSSR count). The summed E-state index contributed by atoms with van der Waals surface area (Å²) in [7, 11) is -1.94. The van der Waals surface area contributed by atoms with E-state index in [0.29, 0.717) is 25.9 Å². The van der Waals surface area contributed by atoms with Gasteiger partial charge in [-0.2, -0.15) is 0 Å². The van der Waals surface area contributed by atoms with Gasteiger partial charge in [-0.1, -0.05) is 45.9 Å². The van der Waals surface area contributed by atoms with E-state index in [4.69, 9.17) is 33.2 Å². The highest BCUT2D eigenvalue weighted by Crippen LogP contribution is 2.54. The summed E-state index contributed by atoms with van der Waals surface area (Å²) in [4.78, 5) is 26.2. The molecule has 0 saturated carbocycles. The fraction of sp³-hybridized carbons (Fsp3) is 0.622. The molecule has 348 valence electrons. The molecule has 10 atom stereocenters. The van der Waals surface area contributed by atoms with Crippen molar-refractivity contribution < 1.29 is 63.3 Å². The molecular weight excluding hydrogens is 835 g/mol. The number of phenols is 2. The van der Waals surface area contributed by atoms with E-state index in [9.17, 15) is 40.0 Å². The summed E-state index contributed by atoms with van der Waals surface area (Å²) < 4.78 is 42.8. The summed E-state index contributed by atoms with van der Waals surface area (Å²) in [5.74, 6) is -5.53. The number of aliphatic hydroxyl groups excluding tert-OH is 4. The van der Waals surface area contributed by atoms with Crippen LogP contribution in [0, 0.1) is 30.6 Å². The fourth-order valence-electron chi connectivity index (χ4n) is 9.16. The average Bonchev–Trinajstić information content (AvgIpc) is 3.75. The standard InChI is InChI=1S/C45H65N4O13P/c1-11-60-63(57,61-12-2)22-49-19-17-45(18-20-49)47-33-30-31-39(53)28(8)41-32(30)42(55)44(9,62-41)59-21-16-29(58-10)25(5)37(51)27(7)38(52)26(6)36(50)23(3)14-13-15-24(4)43(56)46-35(40(31)54)34(33)48-45/h13-16,21,23,25-27,29,36-38,42,50-55H,11-12,17-20,22H2,1-10H3,(H,46,56)/b14-13+,21-16+,24-15-/t23-,25+,26+,27-,29-,36-,37+,38+,42?,44-/m0/s1. The lowest BCUT2D eigenvalue weighted by atomic mass is 9.78. The number of amides is 1. The van der Waals surface area contributed by atoms with Crippen molar-refractivity contribution >= 4 is 30.0 Å². The first-order chi connectivity index (χ1) is 29.7. The number of aromatic hydroxyl groups is 2. The van der Waals surface area contributed by atoms with Crippen LogP contribution in [0.1, 0.15) is 85.5 Å². The Morgan fingerprint density at radius 2 is 1.49 bits per heavy atom. The van der Waals surface area contributed by atoms with Gasteiger partial charge < -0.3 is 59.2 Å². The van der Waals surface area contributed by atoms with Gasteiger partial charge in [-0.15, -0.1) is 0 Å². The molecule has 2 aromatic rings. The maximum Gasteiger partial charge on any atom is 0.344 e. The fourth-order valence-corrected chi connectivity index (χ4v) is 11.0. The number of carbonyl (C=O) groups excluding carboxylic acids is 1. The SMILES string of the molecule is CCOP(=O)(CN1CCC2(CC1)N=c1c3c(O)c4c(O)c(C)c5c(c4c1=N2)C(O)[C@@](C)(O/C=C/[C@H](OC)[C@@H](C)[C@@H](O)[C@H](C)[C@H](O)[C@H](C)[C@@H](O)[C@@H](C)/C=C/C=C(/C)C(=O)N3)O5)OCC. The molecule has 1 spiro atoms. The summed E-state index contributed by atoms with van der Waals surface area (Å²) >= 11 is 0. The maximum atomic E-state index is 13.9. The molecule has 0 aromatic heterocycles. The van der Waals surface area contributed by atoms with E-state index >= 15 is 0 Å². The van der Waals surface area contributed by atoms with Crippen molar-refractivity contribution in [2.24, 2.45) is 33.7 Å². The van der Waals surface area contributed by atoms with E-state index in [0.717, 1.165) is 0 Å². The van der Waals surface area contributed by atoms with Gasteiger partial charge in [0.1, 0.15) is 28.8 Å². The number of likely N-dealkylation sites (tertiary alicyclic amines) is 1. The van der Waals surface area contributed by atoms with Crippen molar-refractivity contribution in [2.75, 3.05) is 45.0 Å². The number of fused-ring (bicyclic) bond motifs is 1. The molecule has 18 heteroatoms. The van der Waals surface area contributed by atoms with Crippen LogP contribution in [-0.2, 0) is 27.9 Å². The second-order valence-corrected chi connectivity index (χ2v) is 19.6. The third-order valence-corrected chi connectivity index (χ3v) is 15.3. The summed E-state index contributed by atoms with van der Waals surface area (Å²) in [6.07, 6.45) is 3.05. The predicted octanol–water partition coefficient (Wildman–Crippen LogP) is 4.60. The first-order valence-corrected chi connectivity index (χ1v) is 23.5. The van der Waals surface area contributed by atoms with E-state index in [1.54, 1.807) is 79.7 Å². The van der Waals surface area contributed by atoms with Crippen molar-refractivity contribution in [1.29, 1.82) is 0 Å². The molecule has 4 bridgehead atoms. The molecule has 17 nitrogen and oxygen atoms in total. The summed E-state index contributed by atoms with van der Waals surface area (Å²) in [6.45, 7) is 16.4. The highest BCUT2D eigenvalue weighted by Gasteiger charge is 2.50. The van der Waals surface area contributed by atoms with Crippen LogP contribution >= 0.6 is 7.60 Å². The number of hydrogen-bond acceptors (Lipinski definition) is 16. The van der Waals surface area contributed by atoms with Crippen LogP contribution in [0.5, 0.6) is 17.2 Å². The minimum absolute atomic E-state index is 0.0719. The van der Waals surface area contributed by atoms with Crippen LogP contribution < -0.4 is 20.8 Å². The van der Waals surface area contributed by atoms with Crippen molar-refractivity contribution in [3.05, 3.63) is 58.0 Å². The number of nitrogens with one attached hydrogen (secondary N) is 1. The third kappa shape index (κ3) is 9.18. The van der Waals surface area contributed by atoms with E-state index < -0.39 is 84.9 Å². The second-order valence-electron chi connectivity index (χ2n) is 17.6. The molecule has 4 heterocycles. The van der Waals surface area contributed by atoms with Crippen molar-refractivity contribution in [1.82, 2.24) is 4.90 Å². The van der Waals surface area contributed by atoms with E-state index in [2.05, 4.69) is 5.32 Å². The Balaban J connectivity index is 1.51. The Kier molecular flexibility index (Phi) is 14.6. The number of methoxy groups -OCH3 is 1. The van der Waals surface area contributed by atoms with Crippen LogP contribution in [0.3, 0.4) is 0 Å². The van der Waals surface area contributed by atoms with Crippen LogP contribution in [0.2, 0.25) is 0 Å². The molecule has 7 N–H and O–H groups in total. The van der Waals surface area contributed by atoms with Gasteiger partial charge in [-0.25, -0.2) is 0 Å². The van der Waals surface area contributed by atoms with Crippen LogP contribution in [0.25, 0.3) is 10.8 Å².